The molecule has 158 valence electrons. The van der Waals surface area contributed by atoms with Crippen LogP contribution in [0.2, 0.25) is 0 Å². The molecule has 0 spiro atoms. The van der Waals surface area contributed by atoms with Crippen LogP contribution in [-0.4, -0.2) is 39.6 Å². The Labute approximate surface area is 186 Å². The summed E-state index contributed by atoms with van der Waals surface area (Å²) in [5, 5.41) is 3.80. The van der Waals surface area contributed by atoms with E-state index in [1.165, 1.54) is 34.0 Å². The lowest BCUT2D eigenvalue weighted by Gasteiger charge is -2.06. The fourth-order valence-electron chi connectivity index (χ4n) is 2.48. The predicted octanol–water partition coefficient (Wildman–Crippen LogP) is 3.93. The SMILES string of the molecule is CS(=O)(=O)NCCc1ccc(C(=O)COC(=O)/C(=C/c2cccs2)c2cccs2)s1. The minimum Gasteiger partial charge on any atom is -0.454 e. The molecule has 3 aromatic rings. The first-order chi connectivity index (χ1) is 14.3. The highest BCUT2D eigenvalue weighted by Crippen LogP contribution is 2.26. The van der Waals surface area contributed by atoms with E-state index in [1.807, 2.05) is 35.0 Å². The van der Waals surface area contributed by atoms with Crippen molar-refractivity contribution in [3.63, 3.8) is 0 Å². The van der Waals surface area contributed by atoms with Crippen LogP contribution in [0.4, 0.5) is 0 Å². The van der Waals surface area contributed by atoms with Crippen LogP contribution in [0.15, 0.2) is 47.2 Å². The van der Waals surface area contributed by atoms with Crippen molar-refractivity contribution in [2.45, 2.75) is 6.42 Å². The zero-order valence-corrected chi connectivity index (χ0v) is 19.3. The van der Waals surface area contributed by atoms with Crippen molar-refractivity contribution in [1.82, 2.24) is 4.72 Å². The number of carbonyl (C=O) groups excluding carboxylic acids is 2. The molecular weight excluding hydrogens is 462 g/mol. The summed E-state index contributed by atoms with van der Waals surface area (Å²) in [5.74, 6) is -0.842. The first kappa shape index (κ1) is 22.6. The normalized spacial score (nSPS) is 12.1. The number of sulfonamides is 1. The summed E-state index contributed by atoms with van der Waals surface area (Å²) in [5.41, 5.74) is 0.416. The standard InChI is InChI=1S/C20H19NO5S4/c1-30(24,25)21-9-8-14-6-7-19(29-14)17(22)13-26-20(23)16(18-5-3-11-28-18)12-15-4-2-10-27-15/h2-7,10-12,21H,8-9,13H2,1H3/b16-12+. The van der Waals surface area contributed by atoms with Crippen molar-refractivity contribution in [2.75, 3.05) is 19.4 Å². The minimum absolute atomic E-state index is 0.264. The van der Waals surface area contributed by atoms with Crippen molar-refractivity contribution in [1.29, 1.82) is 0 Å². The second kappa shape index (κ2) is 10.3. The molecule has 0 bridgehead atoms. The Morgan fingerprint density at radius 2 is 1.83 bits per heavy atom. The van der Waals surface area contributed by atoms with Crippen LogP contribution in [0.5, 0.6) is 0 Å². The number of hydrogen-bond donors (Lipinski definition) is 1. The Hall–Kier alpha value is -2.11. The molecule has 0 unspecified atom stereocenters. The van der Waals surface area contributed by atoms with Crippen LogP contribution in [0.25, 0.3) is 11.6 Å². The minimum atomic E-state index is -3.24. The molecule has 0 fully saturated rings. The molecule has 0 aliphatic heterocycles. The molecule has 3 aromatic heterocycles. The molecule has 0 atom stereocenters. The van der Waals surface area contributed by atoms with Crippen LogP contribution in [0.1, 0.15) is 24.3 Å². The van der Waals surface area contributed by atoms with Crippen molar-refractivity contribution in [3.05, 3.63) is 66.7 Å². The molecule has 10 heteroatoms. The second-order valence-corrected chi connectivity index (χ2v) is 11.2. The number of carbonyl (C=O) groups is 2. The van der Waals surface area contributed by atoms with Gasteiger partial charge in [-0.2, -0.15) is 0 Å². The molecule has 0 amide bonds. The van der Waals surface area contributed by atoms with E-state index in [0.29, 0.717) is 16.9 Å². The number of esters is 1. The second-order valence-electron chi connectivity index (χ2n) is 6.23. The summed E-state index contributed by atoms with van der Waals surface area (Å²) in [6.45, 7) is -0.0901. The highest BCUT2D eigenvalue weighted by molar-refractivity contribution is 7.88. The summed E-state index contributed by atoms with van der Waals surface area (Å²) in [7, 11) is -3.24. The van der Waals surface area contributed by atoms with Gasteiger partial charge < -0.3 is 4.74 Å². The van der Waals surface area contributed by atoms with Gasteiger partial charge in [0.2, 0.25) is 15.8 Å². The number of thiophene rings is 3. The third-order valence-corrected chi connectivity index (χ3v) is 7.48. The van der Waals surface area contributed by atoms with Crippen LogP contribution in [0, 0.1) is 0 Å². The zero-order valence-electron chi connectivity index (χ0n) is 16.0. The van der Waals surface area contributed by atoms with E-state index >= 15 is 0 Å². The number of ether oxygens (including phenoxy) is 1. The van der Waals surface area contributed by atoms with E-state index < -0.39 is 16.0 Å². The number of nitrogens with one attached hydrogen (secondary N) is 1. The maximum atomic E-state index is 12.7. The highest BCUT2D eigenvalue weighted by Gasteiger charge is 2.18. The van der Waals surface area contributed by atoms with Crippen LogP contribution in [0.3, 0.4) is 0 Å². The topological polar surface area (TPSA) is 89.5 Å². The Morgan fingerprint density at radius 3 is 2.50 bits per heavy atom. The van der Waals surface area contributed by atoms with Gasteiger partial charge in [-0.1, -0.05) is 12.1 Å². The first-order valence-corrected chi connectivity index (χ1v) is 13.3. The van der Waals surface area contributed by atoms with Crippen LogP contribution < -0.4 is 4.72 Å². The number of rotatable bonds is 10. The van der Waals surface area contributed by atoms with E-state index in [4.69, 9.17) is 4.74 Å². The summed E-state index contributed by atoms with van der Waals surface area (Å²) in [6.07, 6.45) is 3.35. The van der Waals surface area contributed by atoms with E-state index in [2.05, 4.69) is 4.72 Å². The largest absolute Gasteiger partial charge is 0.454 e. The van der Waals surface area contributed by atoms with Gasteiger partial charge in [0.1, 0.15) is 0 Å². The van der Waals surface area contributed by atoms with E-state index in [9.17, 15) is 18.0 Å². The van der Waals surface area contributed by atoms with Crippen molar-refractivity contribution >= 4 is 67.4 Å². The quantitative estimate of drug-likeness (QED) is 0.269. The van der Waals surface area contributed by atoms with Gasteiger partial charge in [0.15, 0.2) is 6.61 Å². The monoisotopic (exact) mass is 481 g/mol. The molecule has 3 rings (SSSR count). The lowest BCUT2D eigenvalue weighted by atomic mass is 10.2. The molecule has 0 saturated heterocycles. The Kier molecular flexibility index (Phi) is 7.73. The molecule has 0 aliphatic carbocycles. The van der Waals surface area contributed by atoms with Crippen molar-refractivity contribution in [3.8, 4) is 0 Å². The molecule has 0 saturated carbocycles. The number of ketones is 1. The highest BCUT2D eigenvalue weighted by atomic mass is 32.2. The van der Waals surface area contributed by atoms with Gasteiger partial charge in [0.05, 0.1) is 16.7 Å². The van der Waals surface area contributed by atoms with Crippen LogP contribution in [-0.2, 0) is 26.0 Å². The summed E-state index contributed by atoms with van der Waals surface area (Å²) < 4.78 is 29.9. The Bertz CT molecular complexity index is 1130. The van der Waals surface area contributed by atoms with Crippen LogP contribution >= 0.6 is 34.0 Å². The Morgan fingerprint density at radius 1 is 1.07 bits per heavy atom. The first-order valence-electron chi connectivity index (χ1n) is 8.84. The maximum absolute atomic E-state index is 12.7. The molecule has 6 nitrogen and oxygen atoms in total. The van der Waals surface area contributed by atoms with Gasteiger partial charge in [-0.25, -0.2) is 17.9 Å². The fraction of sp³-hybridized carbons (Fsp3) is 0.200. The zero-order chi connectivity index (χ0) is 21.6. The Balaban J connectivity index is 1.60. The lowest BCUT2D eigenvalue weighted by molar-refractivity contribution is -0.135. The molecule has 30 heavy (non-hydrogen) atoms. The van der Waals surface area contributed by atoms with E-state index in [0.717, 1.165) is 20.9 Å². The van der Waals surface area contributed by atoms with Crippen molar-refractivity contribution < 1.29 is 22.7 Å². The van der Waals surface area contributed by atoms with Gasteiger partial charge in [-0.15, -0.1) is 34.0 Å². The fourth-order valence-corrected chi connectivity index (χ4v) is 5.27. The maximum Gasteiger partial charge on any atom is 0.340 e. The smallest absolute Gasteiger partial charge is 0.340 e. The average Bonchev–Trinajstić information content (AvgIpc) is 3.45. The van der Waals surface area contributed by atoms with E-state index in [-0.39, 0.29) is 18.9 Å². The van der Waals surface area contributed by atoms with E-state index in [1.54, 1.807) is 18.2 Å². The predicted molar refractivity (Wildman–Crippen MR) is 123 cm³/mol. The van der Waals surface area contributed by atoms with Crippen molar-refractivity contribution in [2.24, 2.45) is 0 Å². The molecule has 3 heterocycles. The molecule has 0 aliphatic rings. The molecular formula is C20H19NO5S4. The van der Waals surface area contributed by atoms with Gasteiger partial charge in [0, 0.05) is 21.2 Å². The van der Waals surface area contributed by atoms with Gasteiger partial charge in [-0.3, -0.25) is 4.79 Å². The summed E-state index contributed by atoms with van der Waals surface area (Å²) in [4.78, 5) is 28.1. The molecule has 0 aromatic carbocycles. The lowest BCUT2D eigenvalue weighted by Crippen LogP contribution is -2.24. The van der Waals surface area contributed by atoms with Gasteiger partial charge in [-0.05, 0) is 47.5 Å². The summed E-state index contributed by atoms with van der Waals surface area (Å²) >= 11 is 4.21. The van der Waals surface area contributed by atoms with Gasteiger partial charge >= 0.3 is 5.97 Å². The van der Waals surface area contributed by atoms with Gasteiger partial charge in [0.25, 0.3) is 0 Å². The number of Topliss-reactive ketones (excluding diaryl/α,β-unsaturated/α-hetero) is 1. The average molecular weight is 482 g/mol. The third kappa shape index (κ3) is 6.71. The molecule has 0 radical (unpaired) electrons. The number of hydrogen-bond acceptors (Lipinski definition) is 8. The molecule has 1 N–H and O–H groups in total. The summed E-state index contributed by atoms with van der Waals surface area (Å²) in [6, 6.07) is 10.9. The third-order valence-electron chi connectivity index (χ3n) is 3.84.